The Morgan fingerprint density at radius 2 is 2.00 bits per heavy atom. The molecule has 0 rings (SSSR count). The molecule has 0 fully saturated rings. The maximum absolute atomic E-state index is 10.7. The van der Waals surface area contributed by atoms with Crippen molar-refractivity contribution < 1.29 is 4.79 Å². The molecule has 0 bridgehead atoms. The fraction of sp³-hybridized carbons (Fsp3) is 0.700. The number of carbonyl (C=O) groups is 1. The number of hydrogen-bond acceptors (Lipinski definition) is 4. The van der Waals surface area contributed by atoms with E-state index in [0.717, 1.165) is 13.0 Å². The topological polar surface area (TPSA) is 81.1 Å². The van der Waals surface area contributed by atoms with Crippen LogP contribution in [0.15, 0.2) is 12.4 Å². The van der Waals surface area contributed by atoms with Crippen molar-refractivity contribution in [2.75, 3.05) is 6.54 Å². The maximum atomic E-state index is 10.7. The van der Waals surface area contributed by atoms with E-state index in [1.807, 2.05) is 13.8 Å². The minimum Gasteiger partial charge on any atom is -0.386 e. The third-order valence-corrected chi connectivity index (χ3v) is 1.57. The monoisotopic (exact) mass is 201 g/mol. The molecule has 0 amide bonds. The summed E-state index contributed by atoms with van der Waals surface area (Å²) in [5.41, 5.74) is 10.8. The summed E-state index contributed by atoms with van der Waals surface area (Å²) in [5, 5.41) is 2.86. The van der Waals surface area contributed by atoms with Gasteiger partial charge in [-0.05, 0) is 19.8 Å². The normalized spacial score (nSPS) is 10.9. The summed E-state index contributed by atoms with van der Waals surface area (Å²) in [6.07, 6.45) is 1.52. The van der Waals surface area contributed by atoms with Gasteiger partial charge in [0.2, 0.25) is 0 Å². The molecule has 14 heavy (non-hydrogen) atoms. The number of nitrogens with two attached hydrogens (primary N) is 2. The van der Waals surface area contributed by atoms with Gasteiger partial charge >= 0.3 is 0 Å². The summed E-state index contributed by atoms with van der Waals surface area (Å²) in [4.78, 5) is 10.7. The average Bonchev–Trinajstić information content (AvgIpc) is 2.15. The highest BCUT2D eigenvalue weighted by Crippen LogP contribution is 1.94. The average molecular weight is 201 g/mol. The molecular formula is C10H23N3O. The highest BCUT2D eigenvalue weighted by Gasteiger charge is 2.06. The van der Waals surface area contributed by atoms with E-state index < -0.39 is 0 Å². The van der Waals surface area contributed by atoms with Crippen LogP contribution in [0, 0.1) is 0 Å². The number of hydrogen-bond donors (Lipinski definition) is 3. The Hall–Kier alpha value is -1.03. The molecule has 0 radical (unpaired) electrons. The van der Waals surface area contributed by atoms with E-state index in [-0.39, 0.29) is 11.8 Å². The van der Waals surface area contributed by atoms with Crippen LogP contribution in [-0.2, 0) is 4.79 Å². The van der Waals surface area contributed by atoms with Gasteiger partial charge in [0.05, 0.1) is 11.9 Å². The van der Waals surface area contributed by atoms with Crippen molar-refractivity contribution >= 4 is 5.78 Å². The van der Waals surface area contributed by atoms with Crippen LogP contribution in [-0.4, -0.2) is 18.4 Å². The van der Waals surface area contributed by atoms with Crippen LogP contribution in [0.3, 0.4) is 0 Å². The molecule has 5 N–H and O–H groups in total. The van der Waals surface area contributed by atoms with Gasteiger partial charge in [0.1, 0.15) is 5.78 Å². The van der Waals surface area contributed by atoms with E-state index in [0.29, 0.717) is 12.2 Å². The third kappa shape index (κ3) is 11.0. The van der Waals surface area contributed by atoms with Crippen LogP contribution in [0.25, 0.3) is 0 Å². The first-order chi connectivity index (χ1) is 6.54. The Bertz CT molecular complexity index is 169. The summed E-state index contributed by atoms with van der Waals surface area (Å²) in [6.45, 7) is 9.69. The second-order valence-electron chi connectivity index (χ2n) is 2.81. The van der Waals surface area contributed by atoms with Gasteiger partial charge in [0.25, 0.3) is 0 Å². The highest BCUT2D eigenvalue weighted by molar-refractivity contribution is 5.80. The number of nitrogens with one attached hydrogen (secondary N) is 1. The number of carbonyl (C=O) groups excluding carboxylic acids is 1. The third-order valence-electron chi connectivity index (χ3n) is 1.57. The van der Waals surface area contributed by atoms with Gasteiger partial charge in [0.15, 0.2) is 0 Å². The Kier molecular flexibility index (Phi) is 11.1. The summed E-state index contributed by atoms with van der Waals surface area (Å²) in [6, 6.07) is -0.335. The van der Waals surface area contributed by atoms with E-state index in [2.05, 4.69) is 11.9 Å². The Morgan fingerprint density at radius 1 is 1.50 bits per heavy atom. The lowest BCUT2D eigenvalue weighted by atomic mass is 10.1. The Balaban J connectivity index is 0. The molecule has 0 aromatic heterocycles. The minimum absolute atomic E-state index is 0.0292. The highest BCUT2D eigenvalue weighted by atomic mass is 16.1. The zero-order chi connectivity index (χ0) is 11.6. The van der Waals surface area contributed by atoms with E-state index in [9.17, 15) is 4.79 Å². The van der Waals surface area contributed by atoms with Crippen molar-refractivity contribution in [1.82, 2.24) is 5.32 Å². The van der Waals surface area contributed by atoms with Gasteiger partial charge in [-0.3, -0.25) is 4.79 Å². The Labute approximate surface area is 86.7 Å². The van der Waals surface area contributed by atoms with E-state index in [1.165, 1.54) is 6.92 Å². The van der Waals surface area contributed by atoms with E-state index in [4.69, 9.17) is 11.5 Å². The minimum atomic E-state index is -0.335. The molecule has 0 aliphatic rings. The first-order valence-corrected chi connectivity index (χ1v) is 4.98. The molecule has 4 heteroatoms. The second-order valence-corrected chi connectivity index (χ2v) is 2.81. The van der Waals surface area contributed by atoms with Gasteiger partial charge in [-0.15, -0.1) is 0 Å². The molecule has 0 aliphatic carbocycles. The van der Waals surface area contributed by atoms with Crippen LogP contribution in [0.5, 0.6) is 0 Å². The van der Waals surface area contributed by atoms with Gasteiger partial charge in [-0.2, -0.15) is 0 Å². The van der Waals surface area contributed by atoms with Crippen molar-refractivity contribution in [2.24, 2.45) is 11.5 Å². The predicted octanol–water partition coefficient (Wildman–Crippen LogP) is 0.729. The molecule has 0 aromatic rings. The summed E-state index contributed by atoms with van der Waals surface area (Å²) < 4.78 is 0. The molecule has 1 atom stereocenters. The smallest absolute Gasteiger partial charge is 0.146 e. The number of Topliss-reactive ketones (excluding diaryl/α,β-unsaturated/α-hetero) is 1. The fourth-order valence-corrected chi connectivity index (χ4v) is 0.774. The summed E-state index contributed by atoms with van der Waals surface area (Å²) in [7, 11) is 0. The van der Waals surface area contributed by atoms with Crippen molar-refractivity contribution in [3.05, 3.63) is 12.4 Å². The lowest BCUT2D eigenvalue weighted by Crippen LogP contribution is -2.29. The maximum Gasteiger partial charge on any atom is 0.146 e. The van der Waals surface area contributed by atoms with Crippen LogP contribution in [0.1, 0.15) is 33.6 Å². The standard InChI is InChI=1S/C8H17N3O.C2H6/c1-6(12)8(10)4-3-5-11-7(2)9;1-2/h8,11H,2-5,9-10H2,1H3;1-2H3/t8-;/m1./s1. The fourth-order valence-electron chi connectivity index (χ4n) is 0.774. The lowest BCUT2D eigenvalue weighted by molar-refractivity contribution is -0.118. The molecule has 0 heterocycles. The van der Waals surface area contributed by atoms with Gasteiger partial charge in [0, 0.05) is 6.54 Å². The molecule has 0 saturated heterocycles. The van der Waals surface area contributed by atoms with Crippen LogP contribution < -0.4 is 16.8 Å². The molecule has 4 nitrogen and oxygen atoms in total. The number of ketones is 1. The number of rotatable bonds is 6. The van der Waals surface area contributed by atoms with Crippen molar-refractivity contribution in [1.29, 1.82) is 0 Å². The molecule has 0 aromatic carbocycles. The first kappa shape index (κ1) is 15.4. The predicted molar refractivity (Wildman–Crippen MR) is 60.6 cm³/mol. The summed E-state index contributed by atoms with van der Waals surface area (Å²) in [5.74, 6) is 0.480. The Morgan fingerprint density at radius 3 is 2.36 bits per heavy atom. The first-order valence-electron chi connectivity index (χ1n) is 4.98. The van der Waals surface area contributed by atoms with Crippen LogP contribution in [0.4, 0.5) is 0 Å². The van der Waals surface area contributed by atoms with Gasteiger partial charge < -0.3 is 16.8 Å². The zero-order valence-electron chi connectivity index (χ0n) is 9.47. The van der Waals surface area contributed by atoms with E-state index in [1.54, 1.807) is 0 Å². The van der Waals surface area contributed by atoms with E-state index >= 15 is 0 Å². The van der Waals surface area contributed by atoms with Gasteiger partial charge in [-0.25, -0.2) is 0 Å². The molecule has 84 valence electrons. The quantitative estimate of drug-likeness (QED) is 0.553. The van der Waals surface area contributed by atoms with Crippen molar-refractivity contribution in [2.45, 2.75) is 39.7 Å². The molecule has 0 spiro atoms. The van der Waals surface area contributed by atoms with Crippen molar-refractivity contribution in [3.63, 3.8) is 0 Å². The van der Waals surface area contributed by atoms with Crippen molar-refractivity contribution in [3.8, 4) is 0 Å². The molecule has 0 aliphatic heterocycles. The summed E-state index contributed by atoms with van der Waals surface area (Å²) >= 11 is 0. The van der Waals surface area contributed by atoms with Gasteiger partial charge in [-0.1, -0.05) is 20.4 Å². The second kappa shape index (κ2) is 10.1. The largest absolute Gasteiger partial charge is 0.386 e. The lowest BCUT2D eigenvalue weighted by Gasteiger charge is -2.08. The zero-order valence-corrected chi connectivity index (χ0v) is 9.47. The SMILES string of the molecule is C=C(N)NCCC[C@@H](N)C(C)=O.CC. The van der Waals surface area contributed by atoms with Crippen LogP contribution in [0.2, 0.25) is 0 Å². The van der Waals surface area contributed by atoms with Crippen LogP contribution >= 0.6 is 0 Å². The molecular weight excluding hydrogens is 178 g/mol. The molecule has 0 saturated carbocycles. The molecule has 0 unspecified atom stereocenters.